The Morgan fingerprint density at radius 2 is 1.79 bits per heavy atom. The van der Waals surface area contributed by atoms with Gasteiger partial charge < -0.3 is 19.8 Å². The number of benzene rings is 2. The first-order valence-corrected chi connectivity index (χ1v) is 9.43. The Morgan fingerprint density at radius 3 is 2.43 bits per heavy atom. The fourth-order valence-corrected chi connectivity index (χ4v) is 2.77. The second-order valence-electron chi connectivity index (χ2n) is 6.09. The van der Waals surface area contributed by atoms with Gasteiger partial charge in [-0.25, -0.2) is 0 Å². The van der Waals surface area contributed by atoms with Crippen molar-refractivity contribution in [3.8, 4) is 5.75 Å². The van der Waals surface area contributed by atoms with Crippen LogP contribution >= 0.6 is 15.9 Å². The van der Waals surface area contributed by atoms with Crippen molar-refractivity contribution in [1.82, 2.24) is 5.32 Å². The highest BCUT2D eigenvalue weighted by Crippen LogP contribution is 2.18. The summed E-state index contributed by atoms with van der Waals surface area (Å²) >= 11 is 3.39. The Labute approximate surface area is 171 Å². The van der Waals surface area contributed by atoms with Crippen molar-refractivity contribution in [3.63, 3.8) is 0 Å². The van der Waals surface area contributed by atoms with Crippen molar-refractivity contribution in [2.24, 2.45) is 0 Å². The number of carbonyl (C=O) groups excluding carboxylic acids is 2. The van der Waals surface area contributed by atoms with Gasteiger partial charge in [-0.1, -0.05) is 28.1 Å². The van der Waals surface area contributed by atoms with Gasteiger partial charge in [-0.2, -0.15) is 0 Å². The summed E-state index contributed by atoms with van der Waals surface area (Å²) in [7, 11) is 0. The van der Waals surface area contributed by atoms with Crippen LogP contribution in [0.4, 0.5) is 5.69 Å². The lowest BCUT2D eigenvalue weighted by Crippen LogP contribution is -2.31. The molecule has 1 unspecified atom stereocenters. The van der Waals surface area contributed by atoms with Gasteiger partial charge in [-0.05, 0) is 61.0 Å². The van der Waals surface area contributed by atoms with Crippen molar-refractivity contribution in [3.05, 3.63) is 82.7 Å². The van der Waals surface area contributed by atoms with Gasteiger partial charge in [0.15, 0.2) is 12.4 Å². The van der Waals surface area contributed by atoms with Crippen LogP contribution in [0.3, 0.4) is 0 Å². The Kier molecular flexibility index (Phi) is 6.49. The maximum Gasteiger partial charge on any atom is 0.291 e. The van der Waals surface area contributed by atoms with Crippen LogP contribution in [0.5, 0.6) is 5.75 Å². The van der Waals surface area contributed by atoms with Gasteiger partial charge in [-0.15, -0.1) is 0 Å². The first kappa shape index (κ1) is 19.7. The number of amides is 2. The lowest BCUT2D eigenvalue weighted by atomic mass is 10.1. The first-order chi connectivity index (χ1) is 13.5. The highest BCUT2D eigenvalue weighted by atomic mass is 79.9. The quantitative estimate of drug-likeness (QED) is 0.562. The molecule has 3 rings (SSSR count). The van der Waals surface area contributed by atoms with E-state index in [9.17, 15) is 9.59 Å². The predicted molar refractivity (Wildman–Crippen MR) is 109 cm³/mol. The van der Waals surface area contributed by atoms with E-state index in [0.717, 1.165) is 10.0 Å². The molecule has 0 radical (unpaired) electrons. The van der Waals surface area contributed by atoms with E-state index in [-0.39, 0.29) is 30.2 Å². The summed E-state index contributed by atoms with van der Waals surface area (Å²) in [6.45, 7) is 1.82. The van der Waals surface area contributed by atoms with E-state index >= 15 is 0 Å². The lowest BCUT2D eigenvalue weighted by molar-refractivity contribution is -0.123. The molecule has 0 spiro atoms. The van der Waals surface area contributed by atoms with E-state index in [4.69, 9.17) is 9.15 Å². The molecule has 2 amide bonds. The van der Waals surface area contributed by atoms with Crippen molar-refractivity contribution in [2.75, 3.05) is 11.9 Å². The number of hydrogen-bond acceptors (Lipinski definition) is 4. The Hall–Kier alpha value is -3.06. The molecule has 3 aromatic rings. The van der Waals surface area contributed by atoms with Gasteiger partial charge in [0.05, 0.1) is 12.3 Å². The SMILES string of the molecule is CC(NC(=O)COc1ccc(NC(=O)c2ccco2)cc1)c1ccc(Br)cc1. The highest BCUT2D eigenvalue weighted by Gasteiger charge is 2.11. The predicted octanol–water partition coefficient (Wildman–Crippen LogP) is 4.55. The monoisotopic (exact) mass is 442 g/mol. The van der Waals surface area contributed by atoms with Crippen molar-refractivity contribution >= 4 is 33.4 Å². The van der Waals surface area contributed by atoms with E-state index in [1.807, 2.05) is 31.2 Å². The largest absolute Gasteiger partial charge is 0.484 e. The molecule has 1 aromatic heterocycles. The van der Waals surface area contributed by atoms with Crippen LogP contribution in [0.15, 0.2) is 75.8 Å². The number of rotatable bonds is 7. The summed E-state index contributed by atoms with van der Waals surface area (Å²) in [6.07, 6.45) is 1.44. The summed E-state index contributed by atoms with van der Waals surface area (Å²) in [5.74, 6) is 0.213. The maximum atomic E-state index is 12.1. The molecule has 2 N–H and O–H groups in total. The first-order valence-electron chi connectivity index (χ1n) is 8.64. The molecule has 6 nitrogen and oxygen atoms in total. The van der Waals surface area contributed by atoms with Crippen molar-refractivity contribution in [1.29, 1.82) is 0 Å². The second kappa shape index (κ2) is 9.23. The van der Waals surface area contributed by atoms with Crippen LogP contribution in [0.1, 0.15) is 29.1 Å². The lowest BCUT2D eigenvalue weighted by Gasteiger charge is -2.15. The summed E-state index contributed by atoms with van der Waals surface area (Å²) in [5, 5.41) is 5.61. The van der Waals surface area contributed by atoms with Crippen molar-refractivity contribution in [2.45, 2.75) is 13.0 Å². The molecule has 1 atom stereocenters. The van der Waals surface area contributed by atoms with Crippen LogP contribution in [-0.4, -0.2) is 18.4 Å². The van der Waals surface area contributed by atoms with E-state index in [0.29, 0.717) is 11.4 Å². The number of carbonyl (C=O) groups is 2. The molecular weight excluding hydrogens is 424 g/mol. The number of ether oxygens (including phenoxy) is 1. The molecule has 1 heterocycles. The summed E-state index contributed by atoms with van der Waals surface area (Å²) in [5.41, 5.74) is 1.61. The fourth-order valence-electron chi connectivity index (χ4n) is 2.50. The topological polar surface area (TPSA) is 80.6 Å². The normalized spacial score (nSPS) is 11.5. The number of anilines is 1. The minimum Gasteiger partial charge on any atom is -0.484 e. The van der Waals surface area contributed by atoms with Crippen LogP contribution < -0.4 is 15.4 Å². The zero-order chi connectivity index (χ0) is 19.9. The van der Waals surface area contributed by atoms with Gasteiger partial charge >= 0.3 is 0 Å². The average Bonchev–Trinajstić information content (AvgIpc) is 3.23. The van der Waals surface area contributed by atoms with E-state index in [2.05, 4.69) is 26.6 Å². The molecule has 7 heteroatoms. The van der Waals surface area contributed by atoms with E-state index in [1.165, 1.54) is 6.26 Å². The molecular formula is C21H19BrN2O4. The Morgan fingerprint density at radius 1 is 1.07 bits per heavy atom. The molecule has 2 aromatic carbocycles. The summed E-state index contributed by atoms with van der Waals surface area (Å²) < 4.78 is 11.5. The van der Waals surface area contributed by atoms with Gasteiger partial charge in [-0.3, -0.25) is 9.59 Å². The van der Waals surface area contributed by atoms with Gasteiger partial charge in [0.25, 0.3) is 11.8 Å². The Balaban J connectivity index is 1.47. The molecule has 0 saturated carbocycles. The Bertz CT molecular complexity index is 922. The smallest absolute Gasteiger partial charge is 0.291 e. The minimum absolute atomic E-state index is 0.0982. The summed E-state index contributed by atoms with van der Waals surface area (Å²) in [4.78, 5) is 24.0. The molecule has 0 aliphatic rings. The van der Waals surface area contributed by atoms with Crippen LogP contribution in [-0.2, 0) is 4.79 Å². The zero-order valence-corrected chi connectivity index (χ0v) is 16.7. The van der Waals surface area contributed by atoms with Gasteiger partial charge in [0, 0.05) is 10.2 Å². The number of hydrogen-bond donors (Lipinski definition) is 2. The van der Waals surface area contributed by atoms with E-state index < -0.39 is 0 Å². The van der Waals surface area contributed by atoms with Gasteiger partial charge in [0.2, 0.25) is 0 Å². The third kappa shape index (κ3) is 5.47. The third-order valence-electron chi connectivity index (χ3n) is 3.97. The van der Waals surface area contributed by atoms with Gasteiger partial charge in [0.1, 0.15) is 5.75 Å². The molecule has 0 aliphatic heterocycles. The molecule has 0 aliphatic carbocycles. The zero-order valence-electron chi connectivity index (χ0n) is 15.1. The molecule has 0 fully saturated rings. The standard InChI is InChI=1S/C21H19BrN2O4/c1-14(15-4-6-16(22)7-5-15)23-20(25)13-28-18-10-8-17(9-11-18)24-21(26)19-3-2-12-27-19/h2-12,14H,13H2,1H3,(H,23,25)(H,24,26). The van der Waals surface area contributed by atoms with Crippen LogP contribution in [0.2, 0.25) is 0 Å². The van der Waals surface area contributed by atoms with Crippen LogP contribution in [0, 0.1) is 0 Å². The van der Waals surface area contributed by atoms with Crippen LogP contribution in [0.25, 0.3) is 0 Å². The number of halogens is 1. The maximum absolute atomic E-state index is 12.1. The average molecular weight is 443 g/mol. The number of furan rings is 1. The molecule has 0 saturated heterocycles. The highest BCUT2D eigenvalue weighted by molar-refractivity contribution is 9.10. The fraction of sp³-hybridized carbons (Fsp3) is 0.143. The van der Waals surface area contributed by atoms with Crippen molar-refractivity contribution < 1.29 is 18.7 Å². The summed E-state index contributed by atoms with van der Waals surface area (Å²) in [6, 6.07) is 17.6. The number of nitrogens with one attached hydrogen (secondary N) is 2. The minimum atomic E-state index is -0.333. The third-order valence-corrected chi connectivity index (χ3v) is 4.50. The van der Waals surface area contributed by atoms with E-state index in [1.54, 1.807) is 36.4 Å². The second-order valence-corrected chi connectivity index (χ2v) is 7.00. The molecule has 144 valence electrons. The molecule has 28 heavy (non-hydrogen) atoms. The molecule has 0 bridgehead atoms.